The van der Waals surface area contributed by atoms with Gasteiger partial charge in [-0.05, 0) is 13.3 Å². The van der Waals surface area contributed by atoms with Crippen molar-refractivity contribution in [3.8, 4) is 0 Å². The zero-order chi connectivity index (χ0) is 20.2. The topological polar surface area (TPSA) is 134 Å². The summed E-state index contributed by atoms with van der Waals surface area (Å²) < 4.78 is 11.3. The maximum Gasteiger partial charge on any atom is 0.353 e. The molecule has 0 aromatic carbocycles. The molecule has 0 bridgehead atoms. The summed E-state index contributed by atoms with van der Waals surface area (Å²) in [6, 6.07) is -0.355. The van der Waals surface area contributed by atoms with Crippen molar-refractivity contribution in [2.75, 3.05) is 19.8 Å². The Bertz CT molecular complexity index is 693. The summed E-state index contributed by atoms with van der Waals surface area (Å²) in [6.07, 6.45) is -0.368. The van der Waals surface area contributed by atoms with Crippen molar-refractivity contribution in [2.24, 2.45) is 17.6 Å². The highest BCUT2D eigenvalue weighted by Gasteiger charge is 2.60. The molecule has 9 nitrogen and oxygen atoms in total. The number of thioether (sulfide) groups is 1. The third-order valence-electron chi connectivity index (χ3n) is 6.01. The molecule has 10 heteroatoms. The van der Waals surface area contributed by atoms with Gasteiger partial charge in [0.25, 0.3) is 0 Å². The SMILES string of the molecule is CC(O)C1C(=O)N2C(C(=O)O)=C(SC3CNC(C4OCC(N)CO4)C3)C(C)C12. The molecule has 4 aliphatic heterocycles. The minimum atomic E-state index is -1.09. The Balaban J connectivity index is 1.45. The fraction of sp³-hybridized carbons (Fsp3) is 0.778. The number of carboxylic acids is 1. The van der Waals surface area contributed by atoms with E-state index in [1.807, 2.05) is 6.92 Å². The predicted molar refractivity (Wildman–Crippen MR) is 101 cm³/mol. The quantitative estimate of drug-likeness (QED) is 0.432. The number of rotatable bonds is 5. The molecule has 3 saturated heterocycles. The molecule has 3 fully saturated rings. The van der Waals surface area contributed by atoms with Crippen LogP contribution in [0.2, 0.25) is 0 Å². The number of aliphatic hydroxyl groups excluding tert-OH is 1. The zero-order valence-electron chi connectivity index (χ0n) is 15.9. The molecule has 4 aliphatic rings. The van der Waals surface area contributed by atoms with Crippen molar-refractivity contribution in [3.63, 3.8) is 0 Å². The van der Waals surface area contributed by atoms with Gasteiger partial charge >= 0.3 is 5.97 Å². The molecule has 4 rings (SSSR count). The lowest BCUT2D eigenvalue weighted by molar-refractivity contribution is -0.197. The average Bonchev–Trinajstić information content (AvgIpc) is 3.18. The number of nitrogens with one attached hydrogen (secondary N) is 1. The maximum atomic E-state index is 12.4. The minimum absolute atomic E-state index is 0.0273. The molecule has 0 radical (unpaired) electrons. The van der Waals surface area contributed by atoms with Crippen LogP contribution in [-0.4, -0.2) is 82.5 Å². The second-order valence-corrected chi connectivity index (χ2v) is 9.40. The normalized spacial score (nSPS) is 41.8. The number of carbonyl (C=O) groups excluding carboxylic acids is 1. The fourth-order valence-corrected chi connectivity index (χ4v) is 6.15. The molecular formula is C18H27N3O6S. The smallest absolute Gasteiger partial charge is 0.353 e. The summed E-state index contributed by atoms with van der Waals surface area (Å²) in [6.45, 7) is 5.15. The number of fused-ring (bicyclic) bond motifs is 1. The van der Waals surface area contributed by atoms with Crippen LogP contribution in [0.3, 0.4) is 0 Å². The number of amides is 1. The van der Waals surface area contributed by atoms with E-state index in [0.717, 1.165) is 6.42 Å². The van der Waals surface area contributed by atoms with Crippen LogP contribution in [0.15, 0.2) is 10.6 Å². The summed E-state index contributed by atoms with van der Waals surface area (Å²) in [5.74, 6) is -2.05. The minimum Gasteiger partial charge on any atom is -0.477 e. The van der Waals surface area contributed by atoms with Crippen molar-refractivity contribution in [3.05, 3.63) is 10.6 Å². The van der Waals surface area contributed by atoms with E-state index in [2.05, 4.69) is 5.32 Å². The van der Waals surface area contributed by atoms with Crippen LogP contribution < -0.4 is 11.1 Å². The zero-order valence-corrected chi connectivity index (χ0v) is 16.7. The molecule has 4 heterocycles. The molecule has 6 atom stereocenters. The van der Waals surface area contributed by atoms with E-state index in [4.69, 9.17) is 15.2 Å². The molecule has 1 amide bonds. The van der Waals surface area contributed by atoms with E-state index in [-0.39, 0.29) is 47.2 Å². The van der Waals surface area contributed by atoms with E-state index >= 15 is 0 Å². The molecule has 0 aromatic rings. The lowest BCUT2D eigenvalue weighted by atomic mass is 9.79. The largest absolute Gasteiger partial charge is 0.477 e. The van der Waals surface area contributed by atoms with Gasteiger partial charge in [-0.25, -0.2) is 4.79 Å². The Hall–Kier alpha value is -1.17. The molecule has 0 saturated carbocycles. The molecule has 6 unspecified atom stereocenters. The molecule has 0 aliphatic carbocycles. The highest BCUT2D eigenvalue weighted by atomic mass is 32.2. The number of ether oxygens (including phenoxy) is 2. The number of carbonyl (C=O) groups is 2. The van der Waals surface area contributed by atoms with Gasteiger partial charge in [0.05, 0.1) is 43.4 Å². The third-order valence-corrected chi connectivity index (χ3v) is 7.52. The molecule has 28 heavy (non-hydrogen) atoms. The maximum absolute atomic E-state index is 12.4. The molecule has 0 spiro atoms. The van der Waals surface area contributed by atoms with Crippen molar-refractivity contribution in [1.29, 1.82) is 0 Å². The van der Waals surface area contributed by atoms with Gasteiger partial charge in [-0.2, -0.15) is 0 Å². The highest BCUT2D eigenvalue weighted by molar-refractivity contribution is 8.03. The Morgan fingerprint density at radius 1 is 1.39 bits per heavy atom. The van der Waals surface area contributed by atoms with Crippen LogP contribution in [-0.2, 0) is 19.1 Å². The van der Waals surface area contributed by atoms with Gasteiger partial charge in [-0.15, -0.1) is 11.8 Å². The fourth-order valence-electron chi connectivity index (χ4n) is 4.65. The second-order valence-electron chi connectivity index (χ2n) is 8.06. The molecule has 0 aromatic heterocycles. The number of β-lactam (4-membered cyclic amide) rings is 1. The van der Waals surface area contributed by atoms with Gasteiger partial charge in [-0.3, -0.25) is 4.79 Å². The number of nitrogens with two attached hydrogens (primary N) is 1. The first-order valence-electron chi connectivity index (χ1n) is 9.67. The van der Waals surface area contributed by atoms with Crippen LogP contribution in [0.25, 0.3) is 0 Å². The number of aliphatic carboxylic acids is 1. The Morgan fingerprint density at radius 2 is 2.07 bits per heavy atom. The van der Waals surface area contributed by atoms with E-state index in [9.17, 15) is 19.8 Å². The van der Waals surface area contributed by atoms with E-state index < -0.39 is 18.0 Å². The Labute approximate surface area is 167 Å². The Morgan fingerprint density at radius 3 is 2.68 bits per heavy atom. The van der Waals surface area contributed by atoms with E-state index in [0.29, 0.717) is 24.7 Å². The number of carboxylic acid groups (broad SMARTS) is 1. The van der Waals surface area contributed by atoms with Crippen LogP contribution in [0.5, 0.6) is 0 Å². The predicted octanol–water partition coefficient (Wildman–Crippen LogP) is -0.696. The number of nitrogens with zero attached hydrogens (tertiary/aromatic N) is 1. The van der Waals surface area contributed by atoms with Gasteiger partial charge in [0.15, 0.2) is 6.29 Å². The van der Waals surface area contributed by atoms with Crippen molar-refractivity contribution < 1.29 is 29.3 Å². The van der Waals surface area contributed by atoms with Crippen LogP contribution in [0.4, 0.5) is 0 Å². The monoisotopic (exact) mass is 413 g/mol. The molecule has 5 N–H and O–H groups in total. The summed E-state index contributed by atoms with van der Waals surface area (Å²) in [5.41, 5.74) is 5.85. The van der Waals surface area contributed by atoms with Gasteiger partial charge in [-0.1, -0.05) is 6.92 Å². The van der Waals surface area contributed by atoms with Crippen LogP contribution in [0, 0.1) is 11.8 Å². The van der Waals surface area contributed by atoms with Crippen molar-refractivity contribution in [1.82, 2.24) is 10.2 Å². The number of hydrogen-bond acceptors (Lipinski definition) is 8. The molecule has 156 valence electrons. The second kappa shape index (κ2) is 7.58. The lowest BCUT2D eigenvalue weighted by Gasteiger charge is -2.46. The summed E-state index contributed by atoms with van der Waals surface area (Å²) >= 11 is 1.52. The first kappa shape index (κ1) is 20.1. The summed E-state index contributed by atoms with van der Waals surface area (Å²) in [7, 11) is 0. The van der Waals surface area contributed by atoms with Gasteiger partial charge in [0, 0.05) is 22.6 Å². The van der Waals surface area contributed by atoms with Crippen LogP contribution >= 0.6 is 11.8 Å². The first-order chi connectivity index (χ1) is 13.3. The third kappa shape index (κ3) is 3.25. The van der Waals surface area contributed by atoms with E-state index in [1.165, 1.54) is 16.7 Å². The average molecular weight is 413 g/mol. The highest BCUT2D eigenvalue weighted by Crippen LogP contribution is 2.51. The molecular weight excluding hydrogens is 386 g/mol. The standard InChI is InChI=1S/C18H27N3O6S/c1-7-13-12(8(2)22)16(23)21(13)14(17(24)25)15(7)28-10-3-11(20-4-10)18-26-5-9(19)6-27-18/h7-13,18,20,22H,3-6,19H2,1-2H3,(H,24,25). The summed E-state index contributed by atoms with van der Waals surface area (Å²) in [5, 5.41) is 23.2. The van der Waals surface area contributed by atoms with Gasteiger partial charge in [0.2, 0.25) is 5.91 Å². The van der Waals surface area contributed by atoms with Crippen molar-refractivity contribution >= 4 is 23.6 Å². The van der Waals surface area contributed by atoms with Gasteiger partial charge in [0.1, 0.15) is 5.70 Å². The van der Waals surface area contributed by atoms with Crippen molar-refractivity contribution in [2.45, 2.75) is 56.0 Å². The first-order valence-corrected chi connectivity index (χ1v) is 10.5. The van der Waals surface area contributed by atoms with Gasteiger partial charge < -0.3 is 35.6 Å². The Kier molecular flexibility index (Phi) is 5.45. The van der Waals surface area contributed by atoms with E-state index in [1.54, 1.807) is 6.92 Å². The summed E-state index contributed by atoms with van der Waals surface area (Å²) in [4.78, 5) is 26.4. The lowest BCUT2D eigenvalue weighted by Crippen LogP contribution is -2.63. The number of hydrogen-bond donors (Lipinski definition) is 4. The number of aliphatic hydroxyl groups is 1. The van der Waals surface area contributed by atoms with Crippen LogP contribution in [0.1, 0.15) is 20.3 Å².